The van der Waals surface area contributed by atoms with Gasteiger partial charge in [0, 0.05) is 23.3 Å². The van der Waals surface area contributed by atoms with Crippen molar-refractivity contribution in [3.05, 3.63) is 112 Å². The number of ether oxygens (including phenoxy) is 1. The molecular weight excluding hydrogens is 472 g/mol. The normalized spacial score (nSPS) is 19.2. The Hall–Kier alpha value is -4.04. The van der Waals surface area contributed by atoms with Crippen LogP contribution < -0.4 is 0 Å². The molecular formula is C29H30N2O6. The molecule has 2 amide bonds. The van der Waals surface area contributed by atoms with Crippen LogP contribution in [-0.2, 0) is 20.7 Å². The first-order chi connectivity index (χ1) is 17.5. The van der Waals surface area contributed by atoms with Gasteiger partial charge in [-0.2, -0.15) is 0 Å². The monoisotopic (exact) mass is 502 g/mol. The average Bonchev–Trinajstić information content (AvgIpc) is 3.23. The number of hydrogen-bond acceptors (Lipinski definition) is 6. The first-order valence-corrected chi connectivity index (χ1v) is 12.2. The number of cyclic esters (lactones) is 1. The maximum atomic E-state index is 14.0. The largest absolute Gasteiger partial charge is 0.430 e. The molecule has 0 saturated carbocycles. The Morgan fingerprint density at radius 2 is 1.46 bits per heavy atom. The van der Waals surface area contributed by atoms with Crippen LogP contribution in [0.15, 0.2) is 84.9 Å². The Morgan fingerprint density at radius 3 is 1.89 bits per heavy atom. The van der Waals surface area contributed by atoms with E-state index in [1.807, 2.05) is 74.5 Å². The molecule has 192 valence electrons. The van der Waals surface area contributed by atoms with Crippen LogP contribution in [0.2, 0.25) is 0 Å². The van der Waals surface area contributed by atoms with Crippen LogP contribution in [0.3, 0.4) is 0 Å². The minimum atomic E-state index is -1.71. The first-order valence-electron chi connectivity index (χ1n) is 12.2. The number of aliphatic hydroxyl groups is 1. The fourth-order valence-electron chi connectivity index (χ4n) is 5.15. The number of carbonyl (C=O) groups excluding carboxylic acids is 2. The lowest BCUT2D eigenvalue weighted by Crippen LogP contribution is -2.53. The Morgan fingerprint density at radius 1 is 0.973 bits per heavy atom. The summed E-state index contributed by atoms with van der Waals surface area (Å²) in [7, 11) is 0. The number of imide groups is 1. The molecule has 37 heavy (non-hydrogen) atoms. The molecule has 3 aromatic carbocycles. The summed E-state index contributed by atoms with van der Waals surface area (Å²) in [5.74, 6) is -1.86. The highest BCUT2D eigenvalue weighted by atomic mass is 16.6. The molecule has 3 atom stereocenters. The molecule has 0 aromatic heterocycles. The predicted octanol–water partition coefficient (Wildman–Crippen LogP) is 5.39. The van der Waals surface area contributed by atoms with E-state index in [2.05, 4.69) is 0 Å². The smallest absolute Gasteiger partial charge is 0.418 e. The molecule has 1 fully saturated rings. The molecule has 3 aromatic rings. The maximum absolute atomic E-state index is 14.0. The van der Waals surface area contributed by atoms with E-state index in [-0.39, 0.29) is 11.6 Å². The second kappa shape index (κ2) is 9.78. The van der Waals surface area contributed by atoms with Gasteiger partial charge >= 0.3 is 6.09 Å². The van der Waals surface area contributed by atoms with Crippen molar-refractivity contribution < 1.29 is 24.4 Å². The lowest BCUT2D eigenvalue weighted by Gasteiger charge is -2.39. The van der Waals surface area contributed by atoms with E-state index in [1.54, 1.807) is 6.92 Å². The number of amides is 2. The molecule has 0 bridgehead atoms. The van der Waals surface area contributed by atoms with Crippen LogP contribution in [0, 0.1) is 22.0 Å². The molecule has 1 saturated heterocycles. The fraction of sp³-hybridized carbons (Fsp3) is 0.310. The van der Waals surface area contributed by atoms with Crippen molar-refractivity contribution in [3.63, 3.8) is 0 Å². The minimum Gasteiger partial charge on any atom is -0.430 e. The van der Waals surface area contributed by atoms with E-state index in [9.17, 15) is 24.8 Å². The second-order valence-electron chi connectivity index (χ2n) is 9.91. The Kier molecular flexibility index (Phi) is 6.88. The van der Waals surface area contributed by atoms with Gasteiger partial charge in [0.1, 0.15) is 0 Å². The second-order valence-corrected chi connectivity index (χ2v) is 9.91. The van der Waals surface area contributed by atoms with Crippen LogP contribution in [0.1, 0.15) is 44.4 Å². The number of carbonyl (C=O) groups is 2. The van der Waals surface area contributed by atoms with Crippen molar-refractivity contribution in [1.29, 1.82) is 0 Å². The molecule has 8 nitrogen and oxygen atoms in total. The molecule has 1 heterocycles. The third-order valence-corrected chi connectivity index (χ3v) is 7.29. The molecule has 1 aliphatic heterocycles. The zero-order valence-corrected chi connectivity index (χ0v) is 21.2. The number of benzene rings is 3. The SMILES string of the molecule is CC(C)[C@@H]1N(C(=O)[C@H](C)[C@@](C)(O)c2ccc([N+](=O)[O-])cc2)C(=O)OC1(c1ccccc1)c1ccccc1. The van der Waals surface area contributed by atoms with Crippen LogP contribution in [0.5, 0.6) is 0 Å². The molecule has 0 radical (unpaired) electrons. The summed E-state index contributed by atoms with van der Waals surface area (Å²) in [5, 5.41) is 22.5. The van der Waals surface area contributed by atoms with Crippen molar-refractivity contribution in [2.45, 2.75) is 44.9 Å². The lowest BCUT2D eigenvalue weighted by atomic mass is 9.75. The first kappa shape index (κ1) is 26.0. The highest BCUT2D eigenvalue weighted by molar-refractivity contribution is 5.96. The summed E-state index contributed by atoms with van der Waals surface area (Å²) in [6.45, 7) is 6.85. The Bertz CT molecular complexity index is 1250. The van der Waals surface area contributed by atoms with E-state index in [1.165, 1.54) is 31.2 Å². The number of nitro benzene ring substituents is 1. The van der Waals surface area contributed by atoms with Crippen LogP contribution in [0.4, 0.5) is 10.5 Å². The highest BCUT2D eigenvalue weighted by Crippen LogP contribution is 2.48. The van der Waals surface area contributed by atoms with Crippen LogP contribution in [0.25, 0.3) is 0 Å². The van der Waals surface area contributed by atoms with Crippen molar-refractivity contribution in [3.8, 4) is 0 Å². The van der Waals surface area contributed by atoms with Gasteiger partial charge in [0.2, 0.25) is 5.91 Å². The van der Waals surface area contributed by atoms with Crippen molar-refractivity contribution in [1.82, 2.24) is 4.90 Å². The molecule has 0 aliphatic carbocycles. The molecule has 0 spiro atoms. The van der Waals surface area contributed by atoms with Crippen molar-refractivity contribution in [2.75, 3.05) is 0 Å². The number of nitro groups is 1. The summed E-state index contributed by atoms with van der Waals surface area (Å²) in [4.78, 5) is 39.1. The summed E-state index contributed by atoms with van der Waals surface area (Å²) in [6.07, 6.45) is -0.789. The third kappa shape index (κ3) is 4.38. The Balaban J connectivity index is 1.79. The summed E-state index contributed by atoms with van der Waals surface area (Å²) in [6, 6.07) is 23.4. The third-order valence-electron chi connectivity index (χ3n) is 7.29. The molecule has 1 aliphatic rings. The van der Waals surface area contributed by atoms with Gasteiger partial charge in [0.25, 0.3) is 5.69 Å². The van der Waals surface area contributed by atoms with Crippen LogP contribution in [-0.4, -0.2) is 33.0 Å². The summed E-state index contributed by atoms with van der Waals surface area (Å²) < 4.78 is 6.15. The van der Waals surface area contributed by atoms with E-state index in [4.69, 9.17) is 4.74 Å². The molecule has 4 rings (SSSR count). The quantitative estimate of drug-likeness (QED) is 0.343. The van der Waals surface area contributed by atoms with E-state index < -0.39 is 40.1 Å². The van der Waals surface area contributed by atoms with E-state index in [0.717, 1.165) is 16.0 Å². The van der Waals surface area contributed by atoms with Gasteiger partial charge in [0.15, 0.2) is 5.60 Å². The van der Waals surface area contributed by atoms with Gasteiger partial charge in [0.05, 0.1) is 22.5 Å². The number of hydrogen-bond donors (Lipinski definition) is 1. The predicted molar refractivity (Wildman–Crippen MR) is 137 cm³/mol. The number of non-ortho nitro benzene ring substituents is 1. The van der Waals surface area contributed by atoms with Crippen molar-refractivity contribution in [2.24, 2.45) is 11.8 Å². The fourth-order valence-corrected chi connectivity index (χ4v) is 5.15. The number of rotatable bonds is 7. The maximum Gasteiger partial charge on any atom is 0.418 e. The summed E-state index contributed by atoms with van der Waals surface area (Å²) in [5.41, 5.74) is -1.29. The zero-order valence-electron chi connectivity index (χ0n) is 21.2. The zero-order chi connectivity index (χ0) is 27.0. The molecule has 8 heteroatoms. The highest BCUT2D eigenvalue weighted by Gasteiger charge is 2.60. The van der Waals surface area contributed by atoms with Gasteiger partial charge in [-0.3, -0.25) is 14.9 Å². The van der Waals surface area contributed by atoms with Gasteiger partial charge in [-0.05, 0) is 30.5 Å². The van der Waals surface area contributed by atoms with E-state index in [0.29, 0.717) is 5.56 Å². The Labute approximate surface area is 215 Å². The summed E-state index contributed by atoms with van der Waals surface area (Å²) >= 11 is 0. The lowest BCUT2D eigenvalue weighted by molar-refractivity contribution is -0.384. The van der Waals surface area contributed by atoms with Gasteiger partial charge in [-0.15, -0.1) is 0 Å². The van der Waals surface area contributed by atoms with E-state index >= 15 is 0 Å². The van der Waals surface area contributed by atoms with Crippen molar-refractivity contribution >= 4 is 17.7 Å². The van der Waals surface area contributed by atoms with Gasteiger partial charge < -0.3 is 9.84 Å². The van der Waals surface area contributed by atoms with Gasteiger partial charge in [-0.25, -0.2) is 9.69 Å². The standard InChI is InChI=1S/C29H30N2O6/c1-19(2)25-29(22-11-7-5-8-12-22,23-13-9-6-10-14-23)37-27(33)30(25)26(32)20(3)28(4,34)21-15-17-24(18-16-21)31(35)36/h5-20,25,34H,1-4H3/t20-,25-,28+/m0/s1. The van der Waals surface area contributed by atoms with Crippen LogP contribution >= 0.6 is 0 Å². The topological polar surface area (TPSA) is 110 Å². The molecule has 1 N–H and O–H groups in total. The van der Waals surface area contributed by atoms with Gasteiger partial charge in [-0.1, -0.05) is 81.4 Å². The average molecular weight is 503 g/mol. The molecule has 0 unspecified atom stereocenters. The number of nitrogens with zero attached hydrogens (tertiary/aromatic N) is 2. The minimum absolute atomic E-state index is 0.128.